The molecule has 1 saturated carbocycles. The molecule has 4 rings (SSSR count). The van der Waals surface area contributed by atoms with Crippen molar-refractivity contribution >= 4 is 0 Å². The molecule has 3 heterocycles. The Hall–Kier alpha value is -0.760. The zero-order valence-electron chi connectivity index (χ0n) is 22.8. The third-order valence-corrected chi connectivity index (χ3v) is 8.37. The molecule has 0 aromatic heterocycles. The van der Waals surface area contributed by atoms with Crippen LogP contribution in [0.2, 0.25) is 0 Å². The van der Waals surface area contributed by atoms with Gasteiger partial charge in [0, 0.05) is 25.2 Å². The zero-order valence-corrected chi connectivity index (χ0v) is 22.8. The van der Waals surface area contributed by atoms with Crippen molar-refractivity contribution in [3.8, 4) is 0 Å². The first-order valence-electron chi connectivity index (χ1n) is 13.9. The topological polar surface area (TPSA) is 353 Å². The summed E-state index contributed by atoms with van der Waals surface area (Å²) >= 11 is 0. The van der Waals surface area contributed by atoms with Crippen LogP contribution < -0.4 is 34.4 Å². The highest BCUT2D eigenvalue weighted by Crippen LogP contribution is 2.34. The maximum atomic E-state index is 11.1. The van der Waals surface area contributed by atoms with Crippen molar-refractivity contribution in [1.82, 2.24) is 0 Å². The lowest BCUT2D eigenvalue weighted by molar-refractivity contribution is -0.306. The second-order valence-corrected chi connectivity index (χ2v) is 11.2. The summed E-state index contributed by atoms with van der Waals surface area (Å²) in [5.74, 6) is 0. The molecule has 19 heteroatoms. The van der Waals surface area contributed by atoms with Crippen LogP contribution in [0.25, 0.3) is 0 Å². The van der Waals surface area contributed by atoms with Crippen LogP contribution in [0.4, 0.5) is 0 Å². The van der Waals surface area contributed by atoms with Gasteiger partial charge in [0.1, 0.15) is 67.1 Å². The Morgan fingerprint density at radius 3 is 1.45 bits per heavy atom. The molecule has 0 spiro atoms. The summed E-state index contributed by atoms with van der Waals surface area (Å²) in [5.41, 5.74) is 35.6. The molecule has 3 saturated heterocycles. The molecule has 19 atom stereocenters. The molecule has 1 aliphatic carbocycles. The Labute approximate surface area is 241 Å². The highest BCUT2D eigenvalue weighted by molar-refractivity contribution is 5.02. The third kappa shape index (κ3) is 6.60. The number of hydrogen-bond acceptors (Lipinski definition) is 19. The number of hydrogen-bond donors (Lipinski definition) is 13. The highest BCUT2D eigenvalue weighted by atomic mass is 16.8. The van der Waals surface area contributed by atoms with Crippen molar-refractivity contribution in [1.29, 1.82) is 0 Å². The molecule has 0 aromatic rings. The van der Waals surface area contributed by atoms with E-state index in [0.717, 1.165) is 0 Å². The van der Waals surface area contributed by atoms with E-state index in [1.807, 2.05) is 0 Å². The van der Waals surface area contributed by atoms with Gasteiger partial charge in [0.05, 0.1) is 24.8 Å². The van der Waals surface area contributed by atoms with Crippen molar-refractivity contribution < 1.29 is 64.2 Å². The Bertz CT molecular complexity index is 868. The van der Waals surface area contributed by atoms with Gasteiger partial charge in [-0.2, -0.15) is 0 Å². The first-order chi connectivity index (χ1) is 19.8. The molecule has 19 N–H and O–H groups in total. The van der Waals surface area contributed by atoms with E-state index < -0.39 is 123 Å². The summed E-state index contributed by atoms with van der Waals surface area (Å²) in [6, 6.07) is -4.18. The van der Waals surface area contributed by atoms with E-state index >= 15 is 0 Å². The molecule has 0 amide bonds. The van der Waals surface area contributed by atoms with Crippen molar-refractivity contribution in [3.05, 3.63) is 0 Å². The minimum atomic E-state index is -1.60. The molecule has 0 aromatic carbocycles. The fourth-order valence-corrected chi connectivity index (χ4v) is 5.74. The van der Waals surface area contributed by atoms with Gasteiger partial charge in [0.2, 0.25) is 0 Å². The number of nitrogens with two attached hydrogens (primary N) is 6. The van der Waals surface area contributed by atoms with Gasteiger partial charge in [0.15, 0.2) is 18.9 Å². The standard InChI is InChI=1S/C23H46N6O13/c24-2-7-13(32)15(34)10(28)21(37-7)40-18-6(27)1-5(26)12(31)20(18)42-23-17(36)19(9(4-30)39-23)41-22-11(29)16(35)14(33)8(3-25)38-22/h5-23,30-36H,1-4,24-29H2/t5-,6+,7+,8+,9-,10-,11+,12+,13+,14-,15+,16-,17-,18+,19+,20-,21-,22+,23-/m1/s1. The molecule has 0 unspecified atom stereocenters. The van der Waals surface area contributed by atoms with Crippen molar-refractivity contribution in [2.24, 2.45) is 34.4 Å². The summed E-state index contributed by atoms with van der Waals surface area (Å²) in [5, 5.41) is 73.0. The van der Waals surface area contributed by atoms with Crippen LogP contribution in [-0.4, -0.2) is 172 Å². The van der Waals surface area contributed by atoms with E-state index in [0.29, 0.717) is 0 Å². The smallest absolute Gasteiger partial charge is 0.187 e. The predicted molar refractivity (Wildman–Crippen MR) is 138 cm³/mol. The normalized spacial score (nSPS) is 53.8. The van der Waals surface area contributed by atoms with E-state index in [1.54, 1.807) is 0 Å². The largest absolute Gasteiger partial charge is 0.394 e. The molecule has 0 bridgehead atoms. The number of aliphatic hydroxyl groups excluding tert-OH is 7. The summed E-state index contributed by atoms with van der Waals surface area (Å²) in [6.45, 7) is -0.967. The zero-order chi connectivity index (χ0) is 31.0. The fourth-order valence-electron chi connectivity index (χ4n) is 5.74. The summed E-state index contributed by atoms with van der Waals surface area (Å²) < 4.78 is 34.6. The second-order valence-electron chi connectivity index (χ2n) is 11.2. The van der Waals surface area contributed by atoms with Crippen LogP contribution >= 0.6 is 0 Å². The average Bonchev–Trinajstić information content (AvgIpc) is 3.27. The number of aliphatic hydroxyl groups is 7. The minimum absolute atomic E-state index is 0.0889. The summed E-state index contributed by atoms with van der Waals surface area (Å²) in [7, 11) is 0. The van der Waals surface area contributed by atoms with Crippen LogP contribution in [0.3, 0.4) is 0 Å². The average molecular weight is 615 g/mol. The molecular formula is C23H46N6O13. The summed E-state index contributed by atoms with van der Waals surface area (Å²) in [6.07, 6.45) is -19.8. The van der Waals surface area contributed by atoms with Gasteiger partial charge in [-0.15, -0.1) is 0 Å². The molecule has 19 nitrogen and oxygen atoms in total. The van der Waals surface area contributed by atoms with E-state index in [4.69, 9.17) is 62.8 Å². The van der Waals surface area contributed by atoms with E-state index in [1.165, 1.54) is 0 Å². The van der Waals surface area contributed by atoms with Gasteiger partial charge in [-0.1, -0.05) is 0 Å². The third-order valence-electron chi connectivity index (χ3n) is 8.37. The van der Waals surface area contributed by atoms with E-state index in [9.17, 15) is 35.7 Å². The molecule has 4 aliphatic rings. The van der Waals surface area contributed by atoms with Gasteiger partial charge in [-0.25, -0.2) is 0 Å². The highest BCUT2D eigenvalue weighted by Gasteiger charge is 2.54. The molecule has 246 valence electrons. The Morgan fingerprint density at radius 2 is 0.976 bits per heavy atom. The molecule has 3 aliphatic heterocycles. The van der Waals surface area contributed by atoms with Gasteiger partial charge in [-0.05, 0) is 6.42 Å². The van der Waals surface area contributed by atoms with Gasteiger partial charge in [-0.3, -0.25) is 0 Å². The van der Waals surface area contributed by atoms with E-state index in [2.05, 4.69) is 0 Å². The Kier molecular flexibility index (Phi) is 11.5. The van der Waals surface area contributed by atoms with Crippen LogP contribution in [0.15, 0.2) is 0 Å². The van der Waals surface area contributed by atoms with Gasteiger partial charge in [0.25, 0.3) is 0 Å². The monoisotopic (exact) mass is 614 g/mol. The van der Waals surface area contributed by atoms with Gasteiger partial charge >= 0.3 is 0 Å². The summed E-state index contributed by atoms with van der Waals surface area (Å²) in [4.78, 5) is 0. The number of ether oxygens (including phenoxy) is 6. The lowest BCUT2D eigenvalue weighted by Gasteiger charge is -2.47. The SMILES string of the molecule is NC[C@@H]1O[C@H](O[C@@H]2[C@H](O[C@H]3O[C@H](CO)[C@H](O[C@@H]4O[C@@H](CN)[C@@H](O)[C@H](O)[C@@H]4N)[C@H]3O)[C@@H](O)[C@H](N)C[C@@H]2N)[C@H](N)[C@H](O)[C@H]1O. The Balaban J connectivity index is 1.50. The molecule has 0 radical (unpaired) electrons. The van der Waals surface area contributed by atoms with Crippen LogP contribution in [0, 0.1) is 0 Å². The molecule has 42 heavy (non-hydrogen) atoms. The second kappa shape index (κ2) is 14.1. The first kappa shape index (κ1) is 34.1. The molecule has 4 fully saturated rings. The Morgan fingerprint density at radius 1 is 0.524 bits per heavy atom. The van der Waals surface area contributed by atoms with Gasteiger partial charge < -0.3 is 98.6 Å². The maximum Gasteiger partial charge on any atom is 0.187 e. The van der Waals surface area contributed by atoms with Crippen LogP contribution in [-0.2, 0) is 28.4 Å². The fraction of sp³-hybridized carbons (Fsp3) is 1.00. The lowest BCUT2D eigenvalue weighted by atomic mass is 9.84. The lowest BCUT2D eigenvalue weighted by Crippen LogP contribution is -2.68. The van der Waals surface area contributed by atoms with Crippen LogP contribution in [0.5, 0.6) is 0 Å². The number of rotatable bonds is 9. The van der Waals surface area contributed by atoms with Crippen molar-refractivity contribution in [2.45, 2.75) is 123 Å². The maximum absolute atomic E-state index is 11.1. The predicted octanol–water partition coefficient (Wildman–Crippen LogP) is -8.90. The molecular weight excluding hydrogens is 568 g/mol. The van der Waals surface area contributed by atoms with Crippen molar-refractivity contribution in [2.75, 3.05) is 19.7 Å². The van der Waals surface area contributed by atoms with Crippen LogP contribution in [0.1, 0.15) is 6.42 Å². The van der Waals surface area contributed by atoms with E-state index in [-0.39, 0.29) is 19.5 Å². The minimum Gasteiger partial charge on any atom is -0.394 e. The van der Waals surface area contributed by atoms with Crippen molar-refractivity contribution in [3.63, 3.8) is 0 Å². The first-order valence-corrected chi connectivity index (χ1v) is 13.9. The quantitative estimate of drug-likeness (QED) is 0.115.